The third-order valence-electron chi connectivity index (χ3n) is 0.946. The van der Waals surface area contributed by atoms with Crippen LogP contribution in [-0.4, -0.2) is 18.0 Å². The Morgan fingerprint density at radius 3 is 2.82 bits per heavy atom. The Hall–Kier alpha value is -0.500. The Morgan fingerprint density at radius 2 is 2.36 bits per heavy atom. The van der Waals surface area contributed by atoms with Crippen molar-refractivity contribution in [3.63, 3.8) is 0 Å². The van der Waals surface area contributed by atoms with Gasteiger partial charge in [0.15, 0.2) is 0 Å². The number of halogens is 1. The molecule has 0 aromatic carbocycles. The van der Waals surface area contributed by atoms with Gasteiger partial charge in [-0.15, -0.1) is 11.6 Å². The standard InChI is InChI=1S/C8H13ClO2/c1-3-6-11-8(10)5-4-7(2)9/h4-5,7H,3,6H2,1-2H3/b5-4+. The molecule has 0 aliphatic carbocycles. The molecule has 1 unspecified atom stereocenters. The SMILES string of the molecule is CCCOC(=O)/C=C/C(C)Cl. The quantitative estimate of drug-likeness (QED) is 0.373. The van der Waals surface area contributed by atoms with Gasteiger partial charge < -0.3 is 4.74 Å². The fourth-order valence-electron chi connectivity index (χ4n) is 0.462. The Bertz CT molecular complexity index is 141. The van der Waals surface area contributed by atoms with E-state index in [1.54, 1.807) is 13.0 Å². The maximum atomic E-state index is 10.7. The predicted molar refractivity (Wildman–Crippen MR) is 45.7 cm³/mol. The minimum Gasteiger partial charge on any atom is -0.463 e. The van der Waals surface area contributed by atoms with Crippen molar-refractivity contribution in [2.45, 2.75) is 25.6 Å². The second kappa shape index (κ2) is 6.23. The Labute approximate surface area is 72.2 Å². The average Bonchev–Trinajstić information content (AvgIpc) is 1.97. The number of carbonyl (C=O) groups excluding carboxylic acids is 1. The zero-order valence-electron chi connectivity index (χ0n) is 6.84. The van der Waals surface area contributed by atoms with Crippen LogP contribution in [0.3, 0.4) is 0 Å². The monoisotopic (exact) mass is 176 g/mol. The second-order valence-corrected chi connectivity index (χ2v) is 2.89. The lowest BCUT2D eigenvalue weighted by Gasteiger charge is -1.97. The maximum absolute atomic E-state index is 10.7. The predicted octanol–water partition coefficient (Wildman–Crippen LogP) is 2.12. The summed E-state index contributed by atoms with van der Waals surface area (Å²) in [5, 5.41) is -0.121. The van der Waals surface area contributed by atoms with Crippen molar-refractivity contribution in [3.8, 4) is 0 Å². The van der Waals surface area contributed by atoms with E-state index >= 15 is 0 Å². The summed E-state index contributed by atoms with van der Waals surface area (Å²) < 4.78 is 4.76. The van der Waals surface area contributed by atoms with Crippen LogP contribution in [0.25, 0.3) is 0 Å². The molecule has 0 bridgehead atoms. The van der Waals surface area contributed by atoms with Gasteiger partial charge in [-0.1, -0.05) is 13.0 Å². The van der Waals surface area contributed by atoms with Crippen LogP contribution in [0.1, 0.15) is 20.3 Å². The van der Waals surface area contributed by atoms with Gasteiger partial charge in [-0.25, -0.2) is 4.79 Å². The molecule has 0 aromatic heterocycles. The first-order valence-corrected chi connectivity index (χ1v) is 4.09. The van der Waals surface area contributed by atoms with Crippen molar-refractivity contribution in [3.05, 3.63) is 12.2 Å². The third kappa shape index (κ3) is 7.40. The van der Waals surface area contributed by atoms with Crippen molar-refractivity contribution in [1.82, 2.24) is 0 Å². The van der Waals surface area contributed by atoms with E-state index in [4.69, 9.17) is 16.3 Å². The number of rotatable bonds is 4. The van der Waals surface area contributed by atoms with E-state index in [0.717, 1.165) is 6.42 Å². The molecule has 0 N–H and O–H groups in total. The summed E-state index contributed by atoms with van der Waals surface area (Å²) in [6, 6.07) is 0. The molecule has 0 aliphatic rings. The lowest BCUT2D eigenvalue weighted by atomic mass is 10.4. The van der Waals surface area contributed by atoms with E-state index in [1.807, 2.05) is 6.92 Å². The topological polar surface area (TPSA) is 26.3 Å². The molecule has 0 saturated heterocycles. The normalized spacial score (nSPS) is 13.4. The zero-order valence-corrected chi connectivity index (χ0v) is 7.60. The van der Waals surface area contributed by atoms with Crippen molar-refractivity contribution in [2.75, 3.05) is 6.61 Å². The second-order valence-electron chi connectivity index (χ2n) is 2.20. The number of hydrogen-bond donors (Lipinski definition) is 0. The van der Waals surface area contributed by atoms with Gasteiger partial charge in [-0.3, -0.25) is 0 Å². The van der Waals surface area contributed by atoms with E-state index in [9.17, 15) is 4.79 Å². The van der Waals surface area contributed by atoms with Crippen molar-refractivity contribution >= 4 is 17.6 Å². The molecule has 0 aliphatic heterocycles. The molecular formula is C8H13ClO2. The van der Waals surface area contributed by atoms with Crippen molar-refractivity contribution in [1.29, 1.82) is 0 Å². The largest absolute Gasteiger partial charge is 0.463 e. The number of allylic oxidation sites excluding steroid dienone is 1. The highest BCUT2D eigenvalue weighted by Gasteiger charge is 1.95. The van der Waals surface area contributed by atoms with Gasteiger partial charge >= 0.3 is 5.97 Å². The van der Waals surface area contributed by atoms with E-state index < -0.39 is 0 Å². The summed E-state index contributed by atoms with van der Waals surface area (Å²) in [4.78, 5) is 10.7. The van der Waals surface area contributed by atoms with Gasteiger partial charge in [0, 0.05) is 11.5 Å². The summed E-state index contributed by atoms with van der Waals surface area (Å²) >= 11 is 5.56. The van der Waals surface area contributed by atoms with Gasteiger partial charge in [0.2, 0.25) is 0 Å². The van der Waals surface area contributed by atoms with Crippen LogP contribution < -0.4 is 0 Å². The van der Waals surface area contributed by atoms with Crippen LogP contribution >= 0.6 is 11.6 Å². The van der Waals surface area contributed by atoms with Crippen LogP contribution in [0.2, 0.25) is 0 Å². The lowest BCUT2D eigenvalue weighted by molar-refractivity contribution is -0.137. The molecule has 1 atom stereocenters. The van der Waals surface area contributed by atoms with Crippen LogP contribution in [-0.2, 0) is 9.53 Å². The highest BCUT2D eigenvalue weighted by molar-refractivity contribution is 6.21. The van der Waals surface area contributed by atoms with Gasteiger partial charge in [0.05, 0.1) is 6.61 Å². The Kier molecular flexibility index (Phi) is 5.94. The number of carbonyl (C=O) groups is 1. The van der Waals surface area contributed by atoms with Crippen molar-refractivity contribution in [2.24, 2.45) is 0 Å². The number of hydrogen-bond acceptors (Lipinski definition) is 2. The van der Waals surface area contributed by atoms with E-state index in [2.05, 4.69) is 0 Å². The summed E-state index contributed by atoms with van der Waals surface area (Å²) in [5.74, 6) is -0.320. The first-order valence-electron chi connectivity index (χ1n) is 3.65. The maximum Gasteiger partial charge on any atom is 0.330 e. The molecule has 0 fully saturated rings. The first kappa shape index (κ1) is 10.5. The van der Waals surface area contributed by atoms with Crippen LogP contribution in [0.15, 0.2) is 12.2 Å². The van der Waals surface area contributed by atoms with Crippen LogP contribution in [0, 0.1) is 0 Å². The number of ether oxygens (including phenoxy) is 1. The van der Waals surface area contributed by atoms with E-state index in [-0.39, 0.29) is 11.3 Å². The van der Waals surface area contributed by atoms with Gasteiger partial charge in [-0.2, -0.15) is 0 Å². The third-order valence-corrected chi connectivity index (χ3v) is 1.09. The molecule has 11 heavy (non-hydrogen) atoms. The minimum absolute atomic E-state index is 0.121. The molecule has 0 heterocycles. The van der Waals surface area contributed by atoms with Gasteiger partial charge in [0.1, 0.15) is 0 Å². The lowest BCUT2D eigenvalue weighted by Crippen LogP contribution is -2.01. The van der Waals surface area contributed by atoms with Gasteiger partial charge in [-0.05, 0) is 13.3 Å². The van der Waals surface area contributed by atoms with Crippen LogP contribution in [0.4, 0.5) is 0 Å². The van der Waals surface area contributed by atoms with Gasteiger partial charge in [0.25, 0.3) is 0 Å². The molecule has 64 valence electrons. The summed E-state index contributed by atoms with van der Waals surface area (Å²) in [7, 11) is 0. The molecule has 2 nitrogen and oxygen atoms in total. The summed E-state index contributed by atoms with van der Waals surface area (Å²) in [6.07, 6.45) is 3.79. The summed E-state index contributed by atoms with van der Waals surface area (Å²) in [5.41, 5.74) is 0. The smallest absolute Gasteiger partial charge is 0.330 e. The minimum atomic E-state index is -0.320. The fourth-order valence-corrected chi connectivity index (χ4v) is 0.535. The molecule has 0 aromatic rings. The first-order chi connectivity index (χ1) is 5.16. The molecule has 0 radical (unpaired) electrons. The Balaban J connectivity index is 3.51. The Morgan fingerprint density at radius 1 is 1.73 bits per heavy atom. The highest BCUT2D eigenvalue weighted by Crippen LogP contribution is 1.95. The number of alkyl halides is 1. The molecule has 0 saturated carbocycles. The average molecular weight is 177 g/mol. The van der Waals surface area contributed by atoms with E-state index in [1.165, 1.54) is 6.08 Å². The molecule has 0 amide bonds. The molecular weight excluding hydrogens is 164 g/mol. The highest BCUT2D eigenvalue weighted by atomic mass is 35.5. The number of esters is 1. The van der Waals surface area contributed by atoms with Crippen LogP contribution in [0.5, 0.6) is 0 Å². The zero-order chi connectivity index (χ0) is 8.69. The van der Waals surface area contributed by atoms with E-state index in [0.29, 0.717) is 6.61 Å². The molecule has 0 rings (SSSR count). The van der Waals surface area contributed by atoms with Crippen molar-refractivity contribution < 1.29 is 9.53 Å². The summed E-state index contributed by atoms with van der Waals surface area (Å²) in [6.45, 7) is 4.20. The fraction of sp³-hybridized carbons (Fsp3) is 0.625. The molecule has 3 heteroatoms. The molecule has 0 spiro atoms.